The second kappa shape index (κ2) is 6.67. The van der Waals surface area contributed by atoms with Gasteiger partial charge in [0.25, 0.3) is 5.91 Å². The maximum absolute atomic E-state index is 12.6. The minimum Gasteiger partial charge on any atom is -0.480 e. The Morgan fingerprint density at radius 2 is 2.10 bits per heavy atom. The van der Waals surface area contributed by atoms with Crippen molar-refractivity contribution in [3.8, 4) is 0 Å². The van der Waals surface area contributed by atoms with Gasteiger partial charge in [-0.3, -0.25) is 4.79 Å². The standard InChI is InChI=1S/C15H17Cl2NO3/c1-2-9-5-6-18(13(7-9)15(20)21)14(19)11-8-10(16)3-4-12(11)17/h3-4,8-9,13H,2,5-7H2,1H3,(H,20,21). The van der Waals surface area contributed by atoms with Crippen LogP contribution in [0, 0.1) is 5.92 Å². The molecule has 1 saturated heterocycles. The van der Waals surface area contributed by atoms with Crippen molar-refractivity contribution in [3.05, 3.63) is 33.8 Å². The van der Waals surface area contributed by atoms with Gasteiger partial charge in [0.15, 0.2) is 0 Å². The van der Waals surface area contributed by atoms with Crippen LogP contribution in [0.5, 0.6) is 0 Å². The van der Waals surface area contributed by atoms with Crippen molar-refractivity contribution in [1.29, 1.82) is 0 Å². The van der Waals surface area contributed by atoms with Crippen molar-refractivity contribution in [3.63, 3.8) is 0 Å². The van der Waals surface area contributed by atoms with E-state index in [4.69, 9.17) is 23.2 Å². The first-order chi connectivity index (χ1) is 9.93. The van der Waals surface area contributed by atoms with E-state index in [9.17, 15) is 14.7 Å². The number of carboxylic acids is 1. The minimum absolute atomic E-state index is 0.255. The van der Waals surface area contributed by atoms with E-state index in [1.54, 1.807) is 12.1 Å². The highest BCUT2D eigenvalue weighted by Crippen LogP contribution is 2.29. The summed E-state index contributed by atoms with van der Waals surface area (Å²) >= 11 is 11.9. The lowest BCUT2D eigenvalue weighted by molar-refractivity contribution is -0.144. The van der Waals surface area contributed by atoms with Crippen LogP contribution in [0.2, 0.25) is 10.0 Å². The quantitative estimate of drug-likeness (QED) is 0.919. The van der Waals surface area contributed by atoms with Crippen LogP contribution in [0.1, 0.15) is 36.5 Å². The number of carboxylic acid groups (broad SMARTS) is 1. The monoisotopic (exact) mass is 329 g/mol. The molecule has 1 N–H and O–H groups in total. The third-order valence-electron chi connectivity index (χ3n) is 3.99. The summed E-state index contributed by atoms with van der Waals surface area (Å²) in [6.45, 7) is 2.46. The van der Waals surface area contributed by atoms with Gasteiger partial charge < -0.3 is 10.0 Å². The molecule has 1 aromatic rings. The molecule has 0 bridgehead atoms. The molecule has 2 atom stereocenters. The molecule has 0 radical (unpaired) electrons. The van der Waals surface area contributed by atoms with Crippen LogP contribution < -0.4 is 0 Å². The molecule has 2 unspecified atom stereocenters. The summed E-state index contributed by atoms with van der Waals surface area (Å²) in [5, 5.41) is 10.1. The van der Waals surface area contributed by atoms with Crippen LogP contribution >= 0.6 is 23.2 Å². The Hall–Kier alpha value is -1.26. The second-order valence-corrected chi connectivity index (χ2v) is 6.12. The average molecular weight is 330 g/mol. The third-order valence-corrected chi connectivity index (χ3v) is 4.56. The van der Waals surface area contributed by atoms with Gasteiger partial charge in [0.2, 0.25) is 0 Å². The van der Waals surface area contributed by atoms with E-state index in [0.29, 0.717) is 23.9 Å². The zero-order valence-electron chi connectivity index (χ0n) is 11.7. The molecule has 6 heteroatoms. The molecule has 1 aromatic carbocycles. The van der Waals surface area contributed by atoms with Gasteiger partial charge in [0, 0.05) is 11.6 Å². The molecule has 1 aliphatic rings. The predicted octanol–water partition coefficient (Wildman–Crippen LogP) is 3.71. The summed E-state index contributed by atoms with van der Waals surface area (Å²) in [7, 11) is 0. The minimum atomic E-state index is -0.973. The first-order valence-electron chi connectivity index (χ1n) is 6.92. The average Bonchev–Trinajstić information content (AvgIpc) is 2.48. The summed E-state index contributed by atoms with van der Waals surface area (Å²) in [6, 6.07) is 3.83. The molecule has 4 nitrogen and oxygen atoms in total. The van der Waals surface area contributed by atoms with Crippen LogP contribution in [-0.2, 0) is 4.79 Å². The Morgan fingerprint density at radius 3 is 2.71 bits per heavy atom. The number of carbonyl (C=O) groups excluding carboxylic acids is 1. The predicted molar refractivity (Wildman–Crippen MR) is 81.9 cm³/mol. The lowest BCUT2D eigenvalue weighted by Crippen LogP contribution is -2.50. The zero-order valence-corrected chi connectivity index (χ0v) is 13.2. The fourth-order valence-corrected chi connectivity index (χ4v) is 3.07. The van der Waals surface area contributed by atoms with Gasteiger partial charge in [-0.1, -0.05) is 36.5 Å². The van der Waals surface area contributed by atoms with E-state index in [2.05, 4.69) is 0 Å². The van der Waals surface area contributed by atoms with Gasteiger partial charge >= 0.3 is 5.97 Å². The first-order valence-corrected chi connectivity index (χ1v) is 7.68. The maximum atomic E-state index is 12.6. The summed E-state index contributed by atoms with van der Waals surface area (Å²) < 4.78 is 0. The molecule has 0 aliphatic carbocycles. The van der Waals surface area contributed by atoms with Gasteiger partial charge in [0.05, 0.1) is 10.6 Å². The van der Waals surface area contributed by atoms with Crippen LogP contribution in [-0.4, -0.2) is 34.5 Å². The normalized spacial score (nSPS) is 22.1. The number of carbonyl (C=O) groups is 2. The van der Waals surface area contributed by atoms with Crippen molar-refractivity contribution in [2.75, 3.05) is 6.54 Å². The topological polar surface area (TPSA) is 57.6 Å². The first kappa shape index (κ1) is 16.1. The van der Waals surface area contributed by atoms with Gasteiger partial charge in [-0.25, -0.2) is 4.79 Å². The Morgan fingerprint density at radius 1 is 1.38 bits per heavy atom. The van der Waals surface area contributed by atoms with Crippen molar-refractivity contribution < 1.29 is 14.7 Å². The summed E-state index contributed by atoms with van der Waals surface area (Å²) in [6.07, 6.45) is 2.21. The summed E-state index contributed by atoms with van der Waals surface area (Å²) in [5.74, 6) is -1.01. The number of rotatable bonds is 3. The highest BCUT2D eigenvalue weighted by molar-refractivity contribution is 6.35. The lowest BCUT2D eigenvalue weighted by Gasteiger charge is -2.37. The number of hydrogen-bond donors (Lipinski definition) is 1. The molecule has 21 heavy (non-hydrogen) atoms. The summed E-state index contributed by atoms with van der Waals surface area (Å²) in [5.41, 5.74) is 0.255. The fourth-order valence-electron chi connectivity index (χ4n) is 2.70. The molecule has 2 rings (SSSR count). The maximum Gasteiger partial charge on any atom is 0.326 e. The van der Waals surface area contributed by atoms with Gasteiger partial charge in [-0.2, -0.15) is 0 Å². The number of amides is 1. The molecular weight excluding hydrogens is 313 g/mol. The molecule has 1 amide bonds. The van der Waals surface area contributed by atoms with Crippen molar-refractivity contribution >= 4 is 35.1 Å². The largest absolute Gasteiger partial charge is 0.480 e. The Balaban J connectivity index is 2.28. The second-order valence-electron chi connectivity index (χ2n) is 5.28. The Kier molecular flexibility index (Phi) is 5.12. The van der Waals surface area contributed by atoms with Crippen molar-refractivity contribution in [2.24, 2.45) is 5.92 Å². The number of halogens is 2. The van der Waals surface area contributed by atoms with Gasteiger partial charge in [-0.05, 0) is 37.0 Å². The van der Waals surface area contributed by atoms with Crippen LogP contribution in [0.4, 0.5) is 0 Å². The van der Waals surface area contributed by atoms with E-state index >= 15 is 0 Å². The molecule has 1 fully saturated rings. The third kappa shape index (κ3) is 3.50. The summed E-state index contributed by atoms with van der Waals surface area (Å²) in [4.78, 5) is 25.5. The molecule has 114 valence electrons. The van der Waals surface area contributed by atoms with E-state index in [-0.39, 0.29) is 16.5 Å². The molecule has 1 heterocycles. The van der Waals surface area contributed by atoms with Crippen molar-refractivity contribution in [1.82, 2.24) is 4.90 Å². The van der Waals surface area contributed by atoms with Crippen molar-refractivity contribution in [2.45, 2.75) is 32.2 Å². The fraction of sp³-hybridized carbons (Fsp3) is 0.467. The number of aliphatic carboxylic acids is 1. The van der Waals surface area contributed by atoms with Crippen LogP contribution in [0.25, 0.3) is 0 Å². The number of likely N-dealkylation sites (tertiary alicyclic amines) is 1. The van der Waals surface area contributed by atoms with Crippen LogP contribution in [0.15, 0.2) is 18.2 Å². The van der Waals surface area contributed by atoms with E-state index in [0.717, 1.165) is 12.8 Å². The van der Waals surface area contributed by atoms with Crippen LogP contribution in [0.3, 0.4) is 0 Å². The van der Waals surface area contributed by atoms with E-state index < -0.39 is 12.0 Å². The zero-order chi connectivity index (χ0) is 15.6. The molecule has 1 aliphatic heterocycles. The molecule has 0 saturated carbocycles. The number of hydrogen-bond acceptors (Lipinski definition) is 2. The van der Waals surface area contributed by atoms with Gasteiger partial charge in [-0.15, -0.1) is 0 Å². The SMILES string of the molecule is CCC1CCN(C(=O)c2cc(Cl)ccc2Cl)C(C(=O)O)C1. The molecule has 0 aromatic heterocycles. The molecule has 0 spiro atoms. The lowest BCUT2D eigenvalue weighted by atomic mass is 9.88. The number of nitrogens with zero attached hydrogens (tertiary/aromatic N) is 1. The number of benzene rings is 1. The Bertz CT molecular complexity index is 562. The molecular formula is C15H17Cl2NO3. The van der Waals surface area contributed by atoms with E-state index in [1.807, 2.05) is 6.92 Å². The highest BCUT2D eigenvalue weighted by atomic mass is 35.5. The van der Waals surface area contributed by atoms with Gasteiger partial charge in [0.1, 0.15) is 6.04 Å². The smallest absolute Gasteiger partial charge is 0.326 e. The highest BCUT2D eigenvalue weighted by Gasteiger charge is 2.36. The Labute approximate surface area is 133 Å². The number of piperidine rings is 1. The van der Waals surface area contributed by atoms with E-state index in [1.165, 1.54) is 11.0 Å².